The molecule has 0 radical (unpaired) electrons. The molecule has 0 amide bonds. The molecule has 0 N–H and O–H groups in total. The summed E-state index contributed by atoms with van der Waals surface area (Å²) in [6.45, 7) is 4.08. The first kappa shape index (κ1) is 12.4. The van der Waals surface area contributed by atoms with Gasteiger partial charge in [0.05, 0.1) is 11.6 Å². The molecule has 1 aliphatic carbocycles. The molecule has 1 fully saturated rings. The Morgan fingerprint density at radius 1 is 1.47 bits per heavy atom. The van der Waals surface area contributed by atoms with Crippen LogP contribution >= 0.6 is 11.6 Å². The van der Waals surface area contributed by atoms with E-state index in [9.17, 15) is 4.79 Å². The summed E-state index contributed by atoms with van der Waals surface area (Å²) in [4.78, 5) is 16.4. The van der Waals surface area contributed by atoms with Crippen LogP contribution in [0.3, 0.4) is 0 Å². The van der Waals surface area contributed by atoms with E-state index in [1.807, 2.05) is 13.8 Å². The van der Waals surface area contributed by atoms with E-state index in [0.717, 1.165) is 12.8 Å². The second kappa shape index (κ2) is 4.20. The molecule has 100 valence electrons. The first-order valence-corrected chi connectivity index (χ1v) is 6.63. The van der Waals surface area contributed by atoms with Crippen LogP contribution in [0.4, 0.5) is 0 Å². The van der Waals surface area contributed by atoms with E-state index in [4.69, 9.17) is 16.3 Å². The lowest BCUT2D eigenvalue weighted by Crippen LogP contribution is -2.26. The fourth-order valence-electron chi connectivity index (χ4n) is 2.23. The summed E-state index contributed by atoms with van der Waals surface area (Å²) in [5, 5.41) is 4.41. The largest absolute Gasteiger partial charge is 0.405 e. The lowest BCUT2D eigenvalue weighted by atomic mass is 9.93. The smallest absolute Gasteiger partial charge is 0.319 e. The van der Waals surface area contributed by atoms with Crippen LogP contribution in [0.5, 0.6) is 5.88 Å². The van der Waals surface area contributed by atoms with Gasteiger partial charge in [0.1, 0.15) is 5.15 Å². The van der Waals surface area contributed by atoms with E-state index in [0.29, 0.717) is 10.8 Å². The van der Waals surface area contributed by atoms with Crippen molar-refractivity contribution in [3.63, 3.8) is 0 Å². The Morgan fingerprint density at radius 3 is 2.84 bits per heavy atom. The van der Waals surface area contributed by atoms with Crippen LogP contribution in [0.1, 0.15) is 26.7 Å². The molecule has 0 aliphatic heterocycles. The molecule has 19 heavy (non-hydrogen) atoms. The minimum Gasteiger partial charge on any atom is -0.405 e. The Bertz CT molecular complexity index is 646. The summed E-state index contributed by atoms with van der Waals surface area (Å²) in [6.07, 6.45) is 3.34. The summed E-state index contributed by atoms with van der Waals surface area (Å²) in [5.74, 6) is 0.355. The van der Waals surface area contributed by atoms with Crippen LogP contribution in [-0.4, -0.2) is 20.6 Å². The van der Waals surface area contributed by atoms with E-state index in [2.05, 4.69) is 10.1 Å². The van der Waals surface area contributed by atoms with Crippen LogP contribution in [-0.2, 0) is 4.79 Å². The number of hydrogen-bond acceptors (Lipinski definition) is 4. The number of nitrogens with zero attached hydrogens (tertiary/aromatic N) is 3. The van der Waals surface area contributed by atoms with Gasteiger partial charge in [0, 0.05) is 0 Å². The third-order valence-electron chi connectivity index (χ3n) is 3.76. The van der Waals surface area contributed by atoms with Crippen molar-refractivity contribution in [3.05, 3.63) is 23.5 Å². The summed E-state index contributed by atoms with van der Waals surface area (Å²) < 4.78 is 6.87. The van der Waals surface area contributed by atoms with Crippen LogP contribution < -0.4 is 4.74 Å². The van der Waals surface area contributed by atoms with Gasteiger partial charge in [0.15, 0.2) is 5.65 Å². The highest BCUT2D eigenvalue weighted by Gasteiger charge is 2.54. The SMILES string of the molecule is CC(C)C1(C(=O)Oc2cn3nc(Cl)ccc3n2)CC1. The van der Waals surface area contributed by atoms with Crippen molar-refractivity contribution in [2.75, 3.05) is 0 Å². The van der Waals surface area contributed by atoms with E-state index < -0.39 is 0 Å². The van der Waals surface area contributed by atoms with E-state index in [1.165, 1.54) is 4.52 Å². The number of fused-ring (bicyclic) bond motifs is 1. The van der Waals surface area contributed by atoms with Gasteiger partial charge in [-0.2, -0.15) is 10.1 Å². The lowest BCUT2D eigenvalue weighted by Gasteiger charge is -2.16. The number of carbonyl (C=O) groups excluding carboxylic acids is 1. The van der Waals surface area contributed by atoms with Crippen molar-refractivity contribution in [1.29, 1.82) is 0 Å². The maximum atomic E-state index is 12.2. The Hall–Kier alpha value is -1.62. The molecule has 3 rings (SSSR count). The quantitative estimate of drug-likeness (QED) is 0.811. The first-order chi connectivity index (χ1) is 9.01. The number of aromatic nitrogens is 3. The first-order valence-electron chi connectivity index (χ1n) is 6.25. The highest BCUT2D eigenvalue weighted by atomic mass is 35.5. The Labute approximate surface area is 115 Å². The summed E-state index contributed by atoms with van der Waals surface area (Å²) in [5.41, 5.74) is 0.280. The highest BCUT2D eigenvalue weighted by molar-refractivity contribution is 6.29. The van der Waals surface area contributed by atoms with Crippen LogP contribution in [0.25, 0.3) is 5.65 Å². The van der Waals surface area contributed by atoms with Crippen molar-refractivity contribution >= 4 is 23.2 Å². The molecule has 1 aliphatic rings. The number of rotatable bonds is 3. The molecule has 6 heteroatoms. The van der Waals surface area contributed by atoms with Crippen molar-refractivity contribution < 1.29 is 9.53 Å². The van der Waals surface area contributed by atoms with Crippen molar-refractivity contribution in [3.8, 4) is 5.88 Å². The monoisotopic (exact) mass is 279 g/mol. The third kappa shape index (κ3) is 2.08. The highest BCUT2D eigenvalue weighted by Crippen LogP contribution is 2.52. The van der Waals surface area contributed by atoms with Gasteiger partial charge < -0.3 is 4.74 Å². The molecule has 0 unspecified atom stereocenters. The van der Waals surface area contributed by atoms with Crippen molar-refractivity contribution in [2.45, 2.75) is 26.7 Å². The number of carbonyl (C=O) groups is 1. The number of hydrogen-bond donors (Lipinski definition) is 0. The van der Waals surface area contributed by atoms with Gasteiger partial charge in [0.2, 0.25) is 5.88 Å². The summed E-state index contributed by atoms with van der Waals surface area (Å²) in [6, 6.07) is 3.37. The second-order valence-corrected chi connectivity index (χ2v) is 5.63. The number of ether oxygens (including phenoxy) is 1. The molecule has 0 saturated heterocycles. The molecule has 0 atom stereocenters. The normalized spacial score (nSPS) is 16.8. The average molecular weight is 280 g/mol. The minimum atomic E-state index is -0.319. The molecule has 0 spiro atoms. The molecule has 5 nitrogen and oxygen atoms in total. The third-order valence-corrected chi connectivity index (χ3v) is 3.96. The Kier molecular flexibility index (Phi) is 2.74. The van der Waals surface area contributed by atoms with Crippen LogP contribution in [0.2, 0.25) is 5.15 Å². The van der Waals surface area contributed by atoms with Crippen molar-refractivity contribution in [1.82, 2.24) is 14.6 Å². The predicted molar refractivity (Wildman–Crippen MR) is 70.1 cm³/mol. The standard InChI is InChI=1S/C13H14ClN3O2/c1-8(2)13(5-6-13)12(18)19-11-7-17-10(15-11)4-3-9(14)16-17/h3-4,7-8H,5-6H2,1-2H3. The van der Waals surface area contributed by atoms with Crippen LogP contribution in [0.15, 0.2) is 18.3 Å². The van der Waals surface area contributed by atoms with Crippen molar-refractivity contribution in [2.24, 2.45) is 11.3 Å². The number of esters is 1. The second-order valence-electron chi connectivity index (χ2n) is 5.24. The molecule has 0 aromatic carbocycles. The maximum absolute atomic E-state index is 12.2. The predicted octanol–water partition coefficient (Wildman–Crippen LogP) is 2.72. The van der Waals surface area contributed by atoms with Gasteiger partial charge >= 0.3 is 5.97 Å². The summed E-state index contributed by atoms with van der Waals surface area (Å²) >= 11 is 5.79. The van der Waals surface area contributed by atoms with Gasteiger partial charge in [0.25, 0.3) is 0 Å². The van der Waals surface area contributed by atoms with Crippen LogP contribution in [0, 0.1) is 11.3 Å². The topological polar surface area (TPSA) is 56.5 Å². The fraction of sp³-hybridized carbons (Fsp3) is 0.462. The lowest BCUT2D eigenvalue weighted by molar-refractivity contribution is -0.142. The Balaban J connectivity index is 1.84. The molecule has 0 bridgehead atoms. The zero-order valence-corrected chi connectivity index (χ0v) is 11.5. The summed E-state index contributed by atoms with van der Waals surface area (Å²) in [7, 11) is 0. The van der Waals surface area contributed by atoms with Gasteiger partial charge in [-0.3, -0.25) is 4.79 Å². The fourth-order valence-corrected chi connectivity index (χ4v) is 2.38. The van der Waals surface area contributed by atoms with Gasteiger partial charge in [-0.15, -0.1) is 0 Å². The Morgan fingerprint density at radius 2 is 2.21 bits per heavy atom. The van der Waals surface area contributed by atoms with Gasteiger partial charge in [-0.1, -0.05) is 25.4 Å². The zero-order valence-electron chi connectivity index (χ0n) is 10.8. The number of halogens is 1. The average Bonchev–Trinajstić information content (AvgIpc) is 3.07. The van der Waals surface area contributed by atoms with Gasteiger partial charge in [-0.25, -0.2) is 4.52 Å². The van der Waals surface area contributed by atoms with E-state index in [-0.39, 0.29) is 23.2 Å². The zero-order chi connectivity index (χ0) is 13.6. The molecular weight excluding hydrogens is 266 g/mol. The molecule has 2 aromatic rings. The van der Waals surface area contributed by atoms with Gasteiger partial charge in [-0.05, 0) is 30.9 Å². The molecular formula is C13H14ClN3O2. The minimum absolute atomic E-state index is 0.197. The number of imidazole rings is 1. The molecule has 2 heterocycles. The molecule has 1 saturated carbocycles. The van der Waals surface area contributed by atoms with E-state index in [1.54, 1.807) is 18.3 Å². The maximum Gasteiger partial charge on any atom is 0.319 e. The van der Waals surface area contributed by atoms with E-state index >= 15 is 0 Å². The molecule has 2 aromatic heterocycles.